The summed E-state index contributed by atoms with van der Waals surface area (Å²) in [7, 11) is 0. The van der Waals surface area contributed by atoms with E-state index in [2.05, 4.69) is 26.6 Å². The number of nitriles is 1. The van der Waals surface area contributed by atoms with Crippen LogP contribution in [0.25, 0.3) is 11.1 Å². The maximum Gasteiger partial charge on any atom is 0.414 e. The second-order valence-corrected chi connectivity index (χ2v) is 8.72. The third-order valence-corrected chi connectivity index (χ3v) is 6.98. The van der Waals surface area contributed by atoms with Gasteiger partial charge in [0, 0.05) is 42.2 Å². The van der Waals surface area contributed by atoms with Gasteiger partial charge in [-0.25, -0.2) is 9.18 Å². The molecule has 2 aliphatic heterocycles. The van der Waals surface area contributed by atoms with Crippen LogP contribution in [0.4, 0.5) is 14.9 Å². The van der Waals surface area contributed by atoms with Crippen LogP contribution in [0.1, 0.15) is 5.69 Å². The van der Waals surface area contributed by atoms with Crippen molar-refractivity contribution in [2.45, 2.75) is 18.1 Å². The van der Waals surface area contributed by atoms with Crippen LogP contribution in [0.15, 0.2) is 49.2 Å². The first-order chi connectivity index (χ1) is 16.1. The summed E-state index contributed by atoms with van der Waals surface area (Å²) in [5.74, 6) is 0.136. The number of carbonyl (C=O) groups excluding carboxylic acids is 1. The van der Waals surface area contributed by atoms with E-state index in [1.54, 1.807) is 41.6 Å². The van der Waals surface area contributed by atoms with Gasteiger partial charge >= 0.3 is 6.09 Å². The Morgan fingerprint density at radius 1 is 1.21 bits per heavy atom. The summed E-state index contributed by atoms with van der Waals surface area (Å²) in [6.45, 7) is 2.39. The first kappa shape index (κ1) is 19.8. The summed E-state index contributed by atoms with van der Waals surface area (Å²) in [5, 5.41) is 20.5. The molecule has 0 radical (unpaired) electrons. The molecule has 166 valence electrons. The van der Waals surface area contributed by atoms with E-state index in [1.165, 1.54) is 11.0 Å². The molecule has 33 heavy (non-hydrogen) atoms. The highest BCUT2D eigenvalue weighted by molar-refractivity contribution is 5.90. The number of amides is 1. The molecule has 3 aliphatic rings. The number of carbonyl (C=O) groups is 1. The number of nitrogens with zero attached hydrogens (tertiary/aromatic N) is 6. The summed E-state index contributed by atoms with van der Waals surface area (Å²) < 4.78 is 22.2. The zero-order chi connectivity index (χ0) is 22.6. The second kappa shape index (κ2) is 7.35. The third kappa shape index (κ3) is 3.08. The number of pyridine rings is 1. The molecule has 2 saturated heterocycles. The predicted octanol–water partition coefficient (Wildman–Crippen LogP) is 2.12. The van der Waals surface area contributed by atoms with Gasteiger partial charge in [0.25, 0.3) is 0 Å². The summed E-state index contributed by atoms with van der Waals surface area (Å²) in [4.78, 5) is 18.3. The molecule has 2 aromatic heterocycles. The minimum Gasteiger partial charge on any atom is -0.442 e. The SMILES string of the molecule is N#CC1(c2ccc(-c3ccc(N4C[C@H](Cn5cnnc5)OC4=O)cc3F)cn2)C2CNCC21. The molecule has 2 unspecified atom stereocenters. The third-order valence-electron chi connectivity index (χ3n) is 6.98. The lowest BCUT2D eigenvalue weighted by Crippen LogP contribution is -2.25. The van der Waals surface area contributed by atoms with Crippen LogP contribution in [0, 0.1) is 29.0 Å². The van der Waals surface area contributed by atoms with Crippen molar-refractivity contribution in [2.75, 3.05) is 24.5 Å². The lowest BCUT2D eigenvalue weighted by Gasteiger charge is -2.15. The summed E-state index contributed by atoms with van der Waals surface area (Å²) in [5.41, 5.74) is 1.66. The molecule has 3 fully saturated rings. The summed E-state index contributed by atoms with van der Waals surface area (Å²) in [6, 6.07) is 10.8. The lowest BCUT2D eigenvalue weighted by atomic mass is 9.96. The van der Waals surface area contributed by atoms with E-state index in [4.69, 9.17) is 4.74 Å². The number of aromatic nitrogens is 4. The fourth-order valence-corrected chi connectivity index (χ4v) is 5.23. The fourth-order valence-electron chi connectivity index (χ4n) is 5.23. The van der Waals surface area contributed by atoms with E-state index in [9.17, 15) is 10.1 Å². The van der Waals surface area contributed by atoms with Gasteiger partial charge in [0.05, 0.1) is 30.5 Å². The number of fused-ring (bicyclic) bond motifs is 1. The molecule has 9 nitrogen and oxygen atoms in total. The second-order valence-electron chi connectivity index (χ2n) is 8.72. The number of hydrogen-bond donors (Lipinski definition) is 1. The molecule has 0 bridgehead atoms. The minimum absolute atomic E-state index is 0.297. The number of anilines is 1. The molecular formula is C23H20FN7O2. The number of hydrogen-bond acceptors (Lipinski definition) is 7. The van der Waals surface area contributed by atoms with E-state index in [0.717, 1.165) is 18.8 Å². The smallest absolute Gasteiger partial charge is 0.414 e. The Kier molecular flexibility index (Phi) is 4.41. The molecule has 1 saturated carbocycles. The van der Waals surface area contributed by atoms with Crippen molar-refractivity contribution in [3.05, 3.63) is 60.7 Å². The molecule has 6 rings (SSSR count). The molecule has 3 atom stereocenters. The molecule has 0 spiro atoms. The Hall–Kier alpha value is -3.84. The van der Waals surface area contributed by atoms with Gasteiger partial charge in [-0.15, -0.1) is 10.2 Å². The standard InChI is InChI=1S/C23H20FN7O2/c24-20-5-15(31-10-16(33-22(31)32)9-30-12-28-29-13-30)2-3-17(20)14-1-4-21(27-6-14)23(11-25)18-7-26-8-19(18)23/h1-6,12-13,16,18-19,26H,7-10H2/t16-,18?,19?,23?/m0/s1. The van der Waals surface area contributed by atoms with Crippen molar-refractivity contribution in [2.24, 2.45) is 11.8 Å². The van der Waals surface area contributed by atoms with Gasteiger partial charge < -0.3 is 14.6 Å². The van der Waals surface area contributed by atoms with Gasteiger partial charge in [0.15, 0.2) is 0 Å². The van der Waals surface area contributed by atoms with Crippen LogP contribution in [0.3, 0.4) is 0 Å². The Morgan fingerprint density at radius 3 is 2.67 bits per heavy atom. The summed E-state index contributed by atoms with van der Waals surface area (Å²) in [6.07, 6.45) is 3.83. The summed E-state index contributed by atoms with van der Waals surface area (Å²) >= 11 is 0. The molecule has 3 aromatic rings. The van der Waals surface area contributed by atoms with E-state index in [-0.39, 0.29) is 6.10 Å². The molecule has 1 amide bonds. The number of nitrogens with one attached hydrogen (secondary N) is 1. The highest BCUT2D eigenvalue weighted by Crippen LogP contribution is 2.60. The zero-order valence-corrected chi connectivity index (χ0v) is 17.6. The monoisotopic (exact) mass is 445 g/mol. The number of rotatable bonds is 5. The van der Waals surface area contributed by atoms with Crippen molar-refractivity contribution in [1.82, 2.24) is 25.1 Å². The topological polar surface area (TPSA) is 109 Å². The normalized spacial score (nSPS) is 27.8. The van der Waals surface area contributed by atoms with Gasteiger partial charge in [0.1, 0.15) is 30.0 Å². The molecule has 1 aliphatic carbocycles. The van der Waals surface area contributed by atoms with E-state index in [0.29, 0.717) is 41.7 Å². The number of halogens is 1. The molecule has 1 aromatic carbocycles. The van der Waals surface area contributed by atoms with Gasteiger partial charge in [-0.2, -0.15) is 5.26 Å². The van der Waals surface area contributed by atoms with Gasteiger partial charge in [0.2, 0.25) is 0 Å². The highest BCUT2D eigenvalue weighted by Gasteiger charge is 2.69. The van der Waals surface area contributed by atoms with Crippen LogP contribution in [-0.4, -0.2) is 51.6 Å². The predicted molar refractivity (Wildman–Crippen MR) is 114 cm³/mol. The van der Waals surface area contributed by atoms with Crippen LogP contribution in [0.2, 0.25) is 0 Å². The van der Waals surface area contributed by atoms with Gasteiger partial charge in [-0.05, 0) is 24.3 Å². The highest BCUT2D eigenvalue weighted by atomic mass is 19.1. The lowest BCUT2D eigenvalue weighted by molar-refractivity contribution is 0.131. The Balaban J connectivity index is 1.20. The van der Waals surface area contributed by atoms with E-state index >= 15 is 4.39 Å². The quantitative estimate of drug-likeness (QED) is 0.641. The van der Waals surface area contributed by atoms with Crippen molar-refractivity contribution in [3.8, 4) is 17.2 Å². The van der Waals surface area contributed by atoms with Crippen LogP contribution in [0.5, 0.6) is 0 Å². The van der Waals surface area contributed by atoms with E-state index in [1.807, 2.05) is 6.07 Å². The molecule has 4 heterocycles. The van der Waals surface area contributed by atoms with Gasteiger partial charge in [-0.1, -0.05) is 6.07 Å². The molecular weight excluding hydrogens is 425 g/mol. The average molecular weight is 445 g/mol. The van der Waals surface area contributed by atoms with Crippen molar-refractivity contribution in [3.63, 3.8) is 0 Å². The average Bonchev–Trinajstić information content (AvgIpc) is 3.35. The van der Waals surface area contributed by atoms with Crippen LogP contribution < -0.4 is 10.2 Å². The Morgan fingerprint density at radius 2 is 2.00 bits per heavy atom. The fraction of sp³-hybridized carbons (Fsp3) is 0.348. The van der Waals surface area contributed by atoms with E-state index < -0.39 is 17.3 Å². The number of piperidine rings is 1. The van der Waals surface area contributed by atoms with Gasteiger partial charge in [-0.3, -0.25) is 9.88 Å². The van der Waals surface area contributed by atoms with Crippen LogP contribution >= 0.6 is 0 Å². The Labute approximate surface area is 188 Å². The maximum absolute atomic E-state index is 15.0. The molecule has 1 N–H and O–H groups in total. The number of ether oxygens (including phenoxy) is 1. The first-order valence-corrected chi connectivity index (χ1v) is 10.8. The zero-order valence-electron chi connectivity index (χ0n) is 17.6. The Bertz CT molecular complexity index is 1240. The maximum atomic E-state index is 15.0. The first-order valence-electron chi connectivity index (χ1n) is 10.8. The van der Waals surface area contributed by atoms with Crippen molar-refractivity contribution < 1.29 is 13.9 Å². The molecule has 10 heteroatoms. The minimum atomic E-state index is -0.522. The van der Waals surface area contributed by atoms with Crippen molar-refractivity contribution in [1.29, 1.82) is 5.26 Å². The largest absolute Gasteiger partial charge is 0.442 e. The van der Waals surface area contributed by atoms with Crippen LogP contribution in [-0.2, 0) is 16.7 Å². The number of cyclic esters (lactones) is 1. The van der Waals surface area contributed by atoms with Crippen molar-refractivity contribution >= 4 is 11.8 Å². The number of benzene rings is 1.